The molecule has 0 saturated carbocycles. The van der Waals surface area contributed by atoms with E-state index in [9.17, 15) is 14.4 Å². The lowest BCUT2D eigenvalue weighted by atomic mass is 9.54. The Morgan fingerprint density at radius 3 is 1.59 bits per heavy atom. The molecule has 3 atom stereocenters. The summed E-state index contributed by atoms with van der Waals surface area (Å²) in [7, 11) is 0. The van der Waals surface area contributed by atoms with Gasteiger partial charge < -0.3 is 5.32 Å². The molecule has 7 rings (SSSR count). The monoisotopic (exact) mass is 596 g/mol. The quantitative estimate of drug-likeness (QED) is 0.296. The van der Waals surface area contributed by atoms with Gasteiger partial charge in [-0.1, -0.05) is 78.3 Å². The maximum atomic E-state index is 14.2. The second-order valence-electron chi connectivity index (χ2n) is 10.2. The number of benzene rings is 3. The van der Waals surface area contributed by atoms with E-state index in [0.717, 1.165) is 31.6 Å². The van der Waals surface area contributed by atoms with E-state index in [1.165, 1.54) is 0 Å². The third kappa shape index (κ3) is 3.19. The molecule has 1 saturated heterocycles. The van der Waals surface area contributed by atoms with E-state index in [0.29, 0.717) is 5.69 Å². The highest BCUT2D eigenvalue weighted by atomic mass is 79.9. The topological polar surface area (TPSA) is 66.5 Å². The number of alkyl halides is 2. The SMILES string of the molecule is CC(C)[C@@H](C(=O)Nc1ccc(Br)cc1)N1C(=O)[C@@H]2[C@@H](C1=O)C1(Cl)c3ccccc3C2(Cl)c2ccccc21. The highest BCUT2D eigenvalue weighted by molar-refractivity contribution is 9.10. The van der Waals surface area contributed by atoms with Crippen molar-refractivity contribution in [2.75, 3.05) is 5.32 Å². The van der Waals surface area contributed by atoms with Crippen LogP contribution in [0.15, 0.2) is 77.3 Å². The van der Waals surface area contributed by atoms with E-state index in [2.05, 4.69) is 21.2 Å². The molecule has 0 spiro atoms. The van der Waals surface area contributed by atoms with Gasteiger partial charge in [0.1, 0.15) is 15.8 Å². The molecule has 188 valence electrons. The summed E-state index contributed by atoms with van der Waals surface area (Å²) in [6.07, 6.45) is 0. The minimum Gasteiger partial charge on any atom is -0.324 e. The summed E-state index contributed by atoms with van der Waals surface area (Å²) >= 11 is 18.4. The normalized spacial score (nSPS) is 28.1. The Morgan fingerprint density at radius 1 is 0.811 bits per heavy atom. The number of hydrogen-bond donors (Lipinski definition) is 1. The lowest BCUT2D eigenvalue weighted by molar-refractivity contribution is -0.148. The number of nitrogens with zero attached hydrogens (tertiary/aromatic N) is 1. The average molecular weight is 598 g/mol. The fourth-order valence-electron chi connectivity index (χ4n) is 6.43. The number of carbonyl (C=O) groups excluding carboxylic acids is 3. The number of likely N-dealkylation sites (tertiary alicyclic amines) is 1. The lowest BCUT2D eigenvalue weighted by Crippen LogP contribution is -2.57. The van der Waals surface area contributed by atoms with E-state index < -0.39 is 45.3 Å². The van der Waals surface area contributed by atoms with E-state index in [1.54, 1.807) is 24.3 Å². The molecular formula is C29H23BrCl2N2O3. The predicted octanol–water partition coefficient (Wildman–Crippen LogP) is 6.01. The maximum Gasteiger partial charge on any atom is 0.247 e. The van der Waals surface area contributed by atoms with Crippen molar-refractivity contribution in [2.45, 2.75) is 29.6 Å². The molecule has 0 radical (unpaired) electrons. The van der Waals surface area contributed by atoms with Crippen LogP contribution in [0.5, 0.6) is 0 Å². The van der Waals surface area contributed by atoms with E-state index >= 15 is 0 Å². The standard InChI is InChI=1S/C29H23BrCl2N2O3/c1-15(2)24(25(35)33-17-13-11-16(30)12-14-17)34-26(36)22-23(27(34)37)29(32)19-8-4-3-7-18(19)28(22,31)20-9-5-6-10-21(20)29/h3-15,22-24H,1-2H3,(H,33,35)/t22-,23-,24-,28?,29?/m0/s1. The van der Waals surface area contributed by atoms with Crippen LogP contribution in [0.4, 0.5) is 5.69 Å². The number of rotatable bonds is 4. The van der Waals surface area contributed by atoms with Gasteiger partial charge in [-0.2, -0.15) is 0 Å². The van der Waals surface area contributed by atoms with Crippen LogP contribution < -0.4 is 5.32 Å². The van der Waals surface area contributed by atoms with Gasteiger partial charge in [0.25, 0.3) is 0 Å². The Labute approximate surface area is 233 Å². The van der Waals surface area contributed by atoms with Crippen LogP contribution in [0, 0.1) is 17.8 Å². The Kier molecular flexibility index (Phi) is 5.61. The Hall–Kier alpha value is -2.67. The largest absolute Gasteiger partial charge is 0.324 e. The molecule has 1 heterocycles. The number of imide groups is 1. The van der Waals surface area contributed by atoms with Crippen LogP contribution in [-0.4, -0.2) is 28.7 Å². The highest BCUT2D eigenvalue weighted by Crippen LogP contribution is 2.69. The van der Waals surface area contributed by atoms with Gasteiger partial charge in [-0.05, 0) is 52.4 Å². The molecule has 0 aromatic heterocycles. The number of halogens is 3. The van der Waals surface area contributed by atoms with Crippen molar-refractivity contribution in [2.24, 2.45) is 17.8 Å². The van der Waals surface area contributed by atoms with Gasteiger partial charge in [-0.3, -0.25) is 19.3 Å². The third-order valence-corrected chi connectivity index (χ3v) is 9.72. The molecule has 0 unspecified atom stereocenters. The fraction of sp³-hybridized carbons (Fsp3) is 0.276. The van der Waals surface area contributed by atoms with Crippen molar-refractivity contribution in [3.8, 4) is 0 Å². The number of anilines is 1. The third-order valence-electron chi connectivity index (χ3n) is 7.91. The van der Waals surface area contributed by atoms with Crippen molar-refractivity contribution in [1.82, 2.24) is 4.90 Å². The van der Waals surface area contributed by atoms with Gasteiger partial charge in [-0.15, -0.1) is 23.2 Å². The molecule has 3 aromatic carbocycles. The molecule has 1 fully saturated rings. The molecule has 5 nitrogen and oxygen atoms in total. The van der Waals surface area contributed by atoms with Crippen LogP contribution in [0.2, 0.25) is 0 Å². The molecule has 1 N–H and O–H groups in total. The van der Waals surface area contributed by atoms with Crippen LogP contribution in [0.3, 0.4) is 0 Å². The Morgan fingerprint density at radius 2 is 1.22 bits per heavy atom. The van der Waals surface area contributed by atoms with Crippen molar-refractivity contribution in [3.05, 3.63) is 99.5 Å². The first-order valence-corrected chi connectivity index (χ1v) is 13.7. The van der Waals surface area contributed by atoms with Gasteiger partial charge >= 0.3 is 0 Å². The predicted molar refractivity (Wildman–Crippen MR) is 146 cm³/mol. The Bertz CT molecular complexity index is 1350. The highest BCUT2D eigenvalue weighted by Gasteiger charge is 2.73. The van der Waals surface area contributed by atoms with Crippen molar-refractivity contribution < 1.29 is 14.4 Å². The van der Waals surface area contributed by atoms with Gasteiger partial charge in [0.05, 0.1) is 11.8 Å². The number of hydrogen-bond acceptors (Lipinski definition) is 3. The first kappa shape index (κ1) is 24.7. The van der Waals surface area contributed by atoms with Crippen LogP contribution in [0.25, 0.3) is 0 Å². The number of amides is 3. The molecule has 3 amide bonds. The summed E-state index contributed by atoms with van der Waals surface area (Å²) in [5, 5.41) is 2.87. The van der Waals surface area contributed by atoms with Crippen LogP contribution in [-0.2, 0) is 24.1 Å². The average Bonchev–Trinajstić information content (AvgIpc) is 3.15. The van der Waals surface area contributed by atoms with Crippen LogP contribution >= 0.6 is 39.1 Å². The maximum absolute atomic E-state index is 14.2. The van der Waals surface area contributed by atoms with Crippen molar-refractivity contribution in [3.63, 3.8) is 0 Å². The number of carbonyl (C=O) groups is 3. The first-order valence-electron chi connectivity index (χ1n) is 12.1. The summed E-state index contributed by atoms with van der Waals surface area (Å²) in [5.41, 5.74) is 3.49. The second-order valence-corrected chi connectivity index (χ2v) is 12.3. The minimum absolute atomic E-state index is 0.344. The first-order chi connectivity index (χ1) is 17.6. The zero-order chi connectivity index (χ0) is 26.3. The molecule has 37 heavy (non-hydrogen) atoms. The fourth-order valence-corrected chi connectivity index (χ4v) is 7.79. The van der Waals surface area contributed by atoms with Gasteiger partial charge in [0.2, 0.25) is 17.7 Å². The van der Waals surface area contributed by atoms with Gasteiger partial charge in [-0.25, -0.2) is 0 Å². The molecule has 3 aliphatic carbocycles. The van der Waals surface area contributed by atoms with Crippen molar-refractivity contribution >= 4 is 62.5 Å². The summed E-state index contributed by atoms with van der Waals surface area (Å²) in [4.78, 5) is 40.6. The van der Waals surface area contributed by atoms with Crippen molar-refractivity contribution in [1.29, 1.82) is 0 Å². The van der Waals surface area contributed by atoms with E-state index in [4.69, 9.17) is 23.2 Å². The molecule has 2 bridgehead atoms. The molecule has 3 aromatic rings. The zero-order valence-corrected chi connectivity index (χ0v) is 23.1. The Balaban J connectivity index is 1.48. The minimum atomic E-state index is -1.28. The lowest BCUT2D eigenvalue weighted by Gasteiger charge is -2.54. The molecule has 4 aliphatic rings. The zero-order valence-electron chi connectivity index (χ0n) is 20.0. The van der Waals surface area contributed by atoms with E-state index in [-0.39, 0.29) is 5.92 Å². The van der Waals surface area contributed by atoms with Gasteiger partial charge in [0.15, 0.2) is 0 Å². The second kappa shape index (κ2) is 8.42. The van der Waals surface area contributed by atoms with Gasteiger partial charge in [0, 0.05) is 10.2 Å². The smallest absolute Gasteiger partial charge is 0.247 e. The summed E-state index contributed by atoms with van der Waals surface area (Å²) in [6.45, 7) is 3.64. The summed E-state index contributed by atoms with van der Waals surface area (Å²) in [5.74, 6) is -3.60. The number of nitrogens with one attached hydrogen (secondary N) is 1. The summed E-state index contributed by atoms with van der Waals surface area (Å²) < 4.78 is 0.870. The molecule has 8 heteroatoms. The molecule has 1 aliphatic heterocycles. The molecular weight excluding hydrogens is 575 g/mol. The summed E-state index contributed by atoms with van der Waals surface area (Å²) in [6, 6.07) is 21.1. The van der Waals surface area contributed by atoms with E-state index in [1.807, 2.05) is 62.4 Å². The van der Waals surface area contributed by atoms with Crippen LogP contribution in [0.1, 0.15) is 36.1 Å².